The Hall–Kier alpha value is -1.33. The molecule has 1 aromatic carbocycles. The summed E-state index contributed by atoms with van der Waals surface area (Å²) in [6, 6.07) is 3.77. The molecule has 0 saturated carbocycles. The largest absolute Gasteiger partial charge is 0.573 e. The Balaban J connectivity index is 2.18. The zero-order valence-corrected chi connectivity index (χ0v) is 13.6. The first-order valence-corrected chi connectivity index (χ1v) is 9.84. The van der Waals surface area contributed by atoms with E-state index in [9.17, 15) is 30.0 Å². The molecule has 0 amide bonds. The molecule has 1 fully saturated rings. The number of hydrogen-bond acceptors (Lipinski definition) is 5. The summed E-state index contributed by atoms with van der Waals surface area (Å²) in [5.74, 6) is -0.535. The van der Waals surface area contributed by atoms with E-state index in [2.05, 4.69) is 4.74 Å². The number of sulfonamides is 1. The number of halogens is 3. The third-order valence-electron chi connectivity index (χ3n) is 3.41. The molecule has 1 heterocycles. The van der Waals surface area contributed by atoms with Gasteiger partial charge in [0.05, 0.1) is 10.1 Å². The lowest BCUT2D eigenvalue weighted by Gasteiger charge is -2.16. The van der Waals surface area contributed by atoms with Gasteiger partial charge in [0.2, 0.25) is 10.0 Å². The van der Waals surface area contributed by atoms with Crippen molar-refractivity contribution in [1.82, 2.24) is 4.31 Å². The number of ether oxygens (including phenoxy) is 1. The highest BCUT2D eigenvalue weighted by Crippen LogP contribution is 2.27. The second-order valence-electron chi connectivity index (χ2n) is 5.12. The Labute approximate surface area is 131 Å². The summed E-state index contributed by atoms with van der Waals surface area (Å²) in [4.78, 5) is -0.221. The summed E-state index contributed by atoms with van der Waals surface area (Å²) >= 11 is 0. The SMILES string of the molecule is CS(=O)(=O)C1CCN(S(=O)(=O)c2ccc(OC(F)(F)F)cc2)C1. The van der Waals surface area contributed by atoms with Crippen molar-refractivity contribution in [2.24, 2.45) is 0 Å². The van der Waals surface area contributed by atoms with Crippen molar-refractivity contribution in [2.75, 3.05) is 19.3 Å². The van der Waals surface area contributed by atoms with Crippen molar-refractivity contribution >= 4 is 19.9 Å². The number of rotatable bonds is 4. The van der Waals surface area contributed by atoms with Gasteiger partial charge < -0.3 is 4.74 Å². The molecule has 0 N–H and O–H groups in total. The van der Waals surface area contributed by atoms with Crippen molar-refractivity contribution in [2.45, 2.75) is 22.9 Å². The molecule has 0 aliphatic carbocycles. The first-order chi connectivity index (χ1) is 10.4. The number of alkyl halides is 3. The molecule has 23 heavy (non-hydrogen) atoms. The average molecular weight is 373 g/mol. The molecule has 1 aliphatic heterocycles. The predicted molar refractivity (Wildman–Crippen MR) is 75.1 cm³/mol. The van der Waals surface area contributed by atoms with Gasteiger partial charge in [-0.1, -0.05) is 0 Å². The zero-order valence-electron chi connectivity index (χ0n) is 11.9. The highest BCUT2D eigenvalue weighted by molar-refractivity contribution is 7.91. The molecule has 11 heteroatoms. The van der Waals surface area contributed by atoms with Crippen LogP contribution in [0.4, 0.5) is 13.2 Å². The minimum Gasteiger partial charge on any atom is -0.406 e. The molecule has 130 valence electrons. The van der Waals surface area contributed by atoms with E-state index in [0.717, 1.165) is 34.8 Å². The van der Waals surface area contributed by atoms with Crippen LogP contribution in [0.2, 0.25) is 0 Å². The summed E-state index contributed by atoms with van der Waals surface area (Å²) < 4.78 is 88.6. The molecule has 1 aromatic rings. The Morgan fingerprint density at radius 2 is 1.70 bits per heavy atom. The number of nitrogens with zero attached hydrogens (tertiary/aromatic N) is 1. The van der Waals surface area contributed by atoms with Gasteiger partial charge in [0, 0.05) is 19.3 Å². The standard InChI is InChI=1S/C12H14F3NO5S2/c1-22(17,18)11-6-7-16(8-11)23(19,20)10-4-2-9(3-5-10)21-12(13,14)15/h2-5,11H,6-8H2,1H3. The van der Waals surface area contributed by atoms with Gasteiger partial charge in [0.1, 0.15) is 5.75 Å². The highest BCUT2D eigenvalue weighted by atomic mass is 32.2. The van der Waals surface area contributed by atoms with E-state index in [1.54, 1.807) is 0 Å². The second kappa shape index (κ2) is 5.95. The lowest BCUT2D eigenvalue weighted by atomic mass is 10.3. The maximum atomic E-state index is 12.4. The third kappa shape index (κ3) is 4.36. The summed E-state index contributed by atoms with van der Waals surface area (Å²) in [6.45, 7) is -0.122. The van der Waals surface area contributed by atoms with E-state index in [-0.39, 0.29) is 24.4 Å². The summed E-state index contributed by atoms with van der Waals surface area (Å²) in [5.41, 5.74) is 0. The van der Waals surface area contributed by atoms with E-state index in [1.807, 2.05) is 0 Å². The topological polar surface area (TPSA) is 80.8 Å². The van der Waals surface area contributed by atoms with Crippen LogP contribution in [0.1, 0.15) is 6.42 Å². The molecule has 2 rings (SSSR count). The summed E-state index contributed by atoms with van der Waals surface area (Å²) in [6.07, 6.45) is -3.64. The van der Waals surface area contributed by atoms with Crippen molar-refractivity contribution in [1.29, 1.82) is 0 Å². The lowest BCUT2D eigenvalue weighted by Crippen LogP contribution is -2.31. The van der Waals surface area contributed by atoms with Crippen LogP contribution in [0, 0.1) is 0 Å². The second-order valence-corrected chi connectivity index (χ2v) is 9.39. The Morgan fingerprint density at radius 3 is 2.13 bits per heavy atom. The van der Waals surface area contributed by atoms with Gasteiger partial charge in [-0.15, -0.1) is 13.2 Å². The van der Waals surface area contributed by atoms with Gasteiger partial charge >= 0.3 is 6.36 Å². The van der Waals surface area contributed by atoms with Gasteiger partial charge in [0.25, 0.3) is 0 Å². The van der Waals surface area contributed by atoms with Gasteiger partial charge in [-0.05, 0) is 30.7 Å². The fourth-order valence-corrected chi connectivity index (χ4v) is 4.81. The number of hydrogen-bond donors (Lipinski definition) is 0. The van der Waals surface area contributed by atoms with E-state index in [0.29, 0.717) is 0 Å². The van der Waals surface area contributed by atoms with E-state index in [4.69, 9.17) is 0 Å². The van der Waals surface area contributed by atoms with Crippen LogP contribution >= 0.6 is 0 Å². The minimum absolute atomic E-state index is 0.0425. The smallest absolute Gasteiger partial charge is 0.406 e. The van der Waals surface area contributed by atoms with Crippen molar-refractivity contribution < 1.29 is 34.7 Å². The monoisotopic (exact) mass is 373 g/mol. The highest BCUT2D eigenvalue weighted by Gasteiger charge is 2.37. The quantitative estimate of drug-likeness (QED) is 0.797. The summed E-state index contributed by atoms with van der Waals surface area (Å²) in [5, 5.41) is -0.773. The average Bonchev–Trinajstić information content (AvgIpc) is 2.87. The van der Waals surface area contributed by atoms with E-state index < -0.39 is 37.2 Å². The molecule has 0 spiro atoms. The van der Waals surface area contributed by atoms with E-state index >= 15 is 0 Å². The van der Waals surface area contributed by atoms with Crippen LogP contribution in [0.25, 0.3) is 0 Å². The molecule has 0 aromatic heterocycles. The molecule has 1 atom stereocenters. The van der Waals surface area contributed by atoms with Crippen LogP contribution < -0.4 is 4.74 Å². The molecule has 1 aliphatic rings. The van der Waals surface area contributed by atoms with Crippen molar-refractivity contribution in [3.63, 3.8) is 0 Å². The van der Waals surface area contributed by atoms with Crippen LogP contribution in [0.5, 0.6) is 5.75 Å². The van der Waals surface area contributed by atoms with Crippen molar-refractivity contribution in [3.05, 3.63) is 24.3 Å². The fraction of sp³-hybridized carbons (Fsp3) is 0.500. The molecule has 1 unspecified atom stereocenters. The lowest BCUT2D eigenvalue weighted by molar-refractivity contribution is -0.274. The predicted octanol–water partition coefficient (Wildman–Crippen LogP) is 1.39. The zero-order chi connectivity index (χ0) is 17.5. The van der Waals surface area contributed by atoms with Crippen LogP contribution in [0.15, 0.2) is 29.2 Å². The summed E-state index contributed by atoms with van der Waals surface area (Å²) in [7, 11) is -7.32. The third-order valence-corrected chi connectivity index (χ3v) is 6.88. The van der Waals surface area contributed by atoms with Crippen molar-refractivity contribution in [3.8, 4) is 5.75 Å². The van der Waals surface area contributed by atoms with Gasteiger partial charge in [-0.25, -0.2) is 16.8 Å². The minimum atomic E-state index is -4.86. The fourth-order valence-electron chi connectivity index (χ4n) is 2.23. The molecule has 6 nitrogen and oxygen atoms in total. The molecular formula is C12H14F3NO5S2. The van der Waals surface area contributed by atoms with E-state index in [1.165, 1.54) is 0 Å². The van der Waals surface area contributed by atoms with Crippen LogP contribution in [0.3, 0.4) is 0 Å². The molecular weight excluding hydrogens is 359 g/mol. The Morgan fingerprint density at radius 1 is 1.13 bits per heavy atom. The van der Waals surface area contributed by atoms with Gasteiger partial charge in [0.15, 0.2) is 9.84 Å². The molecule has 1 saturated heterocycles. The molecule has 0 radical (unpaired) electrons. The maximum Gasteiger partial charge on any atom is 0.573 e. The Kier molecular flexibility index (Phi) is 4.66. The molecule has 0 bridgehead atoms. The number of benzene rings is 1. The first kappa shape index (κ1) is 18.0. The maximum absolute atomic E-state index is 12.4. The van der Waals surface area contributed by atoms with Crippen LogP contribution in [-0.4, -0.2) is 52.1 Å². The van der Waals surface area contributed by atoms with Crippen LogP contribution in [-0.2, 0) is 19.9 Å². The van der Waals surface area contributed by atoms with Gasteiger partial charge in [-0.3, -0.25) is 0 Å². The van der Waals surface area contributed by atoms with Gasteiger partial charge in [-0.2, -0.15) is 4.31 Å². The number of sulfone groups is 1. The Bertz CT molecular complexity index is 772. The normalized spacial score (nSPS) is 20.6. The first-order valence-electron chi connectivity index (χ1n) is 6.44.